The van der Waals surface area contributed by atoms with Gasteiger partial charge in [-0.1, -0.05) is 19.8 Å². The number of rotatable bonds is 8. The van der Waals surface area contributed by atoms with Crippen LogP contribution >= 0.6 is 0 Å². The summed E-state index contributed by atoms with van der Waals surface area (Å²) in [6, 6.07) is -0.00312. The molecule has 74 valence electrons. The molecule has 12 heavy (non-hydrogen) atoms. The van der Waals surface area contributed by atoms with E-state index in [-0.39, 0.29) is 12.6 Å². The van der Waals surface area contributed by atoms with Gasteiger partial charge in [-0.25, -0.2) is 0 Å². The lowest BCUT2D eigenvalue weighted by molar-refractivity contribution is 0.109. The van der Waals surface area contributed by atoms with Crippen LogP contribution in [0, 0.1) is 0 Å². The smallest absolute Gasteiger partial charge is 0.0618 e. The van der Waals surface area contributed by atoms with Crippen molar-refractivity contribution in [2.45, 2.75) is 38.6 Å². The van der Waals surface area contributed by atoms with E-state index < -0.39 is 0 Å². The molecule has 0 spiro atoms. The Morgan fingerprint density at radius 3 is 2.75 bits per heavy atom. The lowest BCUT2D eigenvalue weighted by Crippen LogP contribution is -2.27. The Kier molecular flexibility index (Phi) is 8.88. The Morgan fingerprint density at radius 2 is 2.17 bits per heavy atom. The molecule has 3 heteroatoms. The SMILES string of the molecule is CCCCCOCC(N)CCO. The fourth-order valence-corrected chi connectivity index (χ4v) is 0.938. The fraction of sp³-hybridized carbons (Fsp3) is 1.00. The molecule has 1 atom stereocenters. The van der Waals surface area contributed by atoms with Crippen molar-refractivity contribution in [2.75, 3.05) is 19.8 Å². The first-order valence-electron chi connectivity index (χ1n) is 4.75. The molecule has 3 nitrogen and oxygen atoms in total. The molecule has 0 aliphatic rings. The van der Waals surface area contributed by atoms with Gasteiger partial charge in [-0.3, -0.25) is 0 Å². The lowest BCUT2D eigenvalue weighted by atomic mass is 10.2. The highest BCUT2D eigenvalue weighted by Gasteiger charge is 2.00. The van der Waals surface area contributed by atoms with E-state index in [1.54, 1.807) is 0 Å². The van der Waals surface area contributed by atoms with Crippen LogP contribution in [-0.2, 0) is 4.74 Å². The van der Waals surface area contributed by atoms with Crippen molar-refractivity contribution in [2.24, 2.45) is 5.73 Å². The van der Waals surface area contributed by atoms with E-state index in [4.69, 9.17) is 15.6 Å². The predicted molar refractivity (Wildman–Crippen MR) is 50.0 cm³/mol. The van der Waals surface area contributed by atoms with Gasteiger partial charge < -0.3 is 15.6 Å². The number of ether oxygens (including phenoxy) is 1. The van der Waals surface area contributed by atoms with Crippen LogP contribution in [0.3, 0.4) is 0 Å². The summed E-state index contributed by atoms with van der Waals surface area (Å²) in [5.74, 6) is 0. The molecule has 0 rings (SSSR count). The topological polar surface area (TPSA) is 55.5 Å². The third-order valence-corrected chi connectivity index (χ3v) is 1.72. The van der Waals surface area contributed by atoms with Crippen LogP contribution in [0.5, 0.6) is 0 Å². The number of unbranched alkanes of at least 4 members (excludes halogenated alkanes) is 2. The molecule has 0 bridgehead atoms. The maximum atomic E-state index is 8.54. The van der Waals surface area contributed by atoms with Crippen molar-refractivity contribution in [3.8, 4) is 0 Å². The van der Waals surface area contributed by atoms with Gasteiger partial charge in [-0.2, -0.15) is 0 Å². The zero-order valence-corrected chi connectivity index (χ0v) is 7.96. The standard InChI is InChI=1S/C9H21NO2/c1-2-3-4-7-12-8-9(10)5-6-11/h9,11H,2-8,10H2,1H3. The molecule has 3 N–H and O–H groups in total. The second kappa shape index (κ2) is 8.97. The number of hydrogen-bond donors (Lipinski definition) is 2. The summed E-state index contributed by atoms with van der Waals surface area (Å²) in [7, 11) is 0. The predicted octanol–water partition coefficient (Wildman–Crippen LogP) is 0.903. The van der Waals surface area contributed by atoms with Crippen LogP contribution in [-0.4, -0.2) is 31.0 Å². The first kappa shape index (κ1) is 11.9. The number of aliphatic hydroxyl groups excluding tert-OH is 1. The summed E-state index contributed by atoms with van der Waals surface area (Å²) in [6.45, 7) is 3.69. The molecule has 0 aliphatic carbocycles. The van der Waals surface area contributed by atoms with Gasteiger partial charge in [0.05, 0.1) is 6.61 Å². The first-order chi connectivity index (χ1) is 5.81. The molecule has 0 fully saturated rings. The van der Waals surface area contributed by atoms with Gasteiger partial charge in [0, 0.05) is 19.3 Å². The molecule has 0 saturated carbocycles. The van der Waals surface area contributed by atoms with Gasteiger partial charge in [0.15, 0.2) is 0 Å². The first-order valence-corrected chi connectivity index (χ1v) is 4.75. The maximum absolute atomic E-state index is 8.54. The summed E-state index contributed by atoms with van der Waals surface area (Å²) in [5.41, 5.74) is 5.61. The van der Waals surface area contributed by atoms with Crippen LogP contribution < -0.4 is 5.73 Å². The van der Waals surface area contributed by atoms with Crippen LogP contribution in [0.4, 0.5) is 0 Å². The van der Waals surface area contributed by atoms with Crippen molar-refractivity contribution in [3.63, 3.8) is 0 Å². The van der Waals surface area contributed by atoms with E-state index in [1.807, 2.05) is 0 Å². The third kappa shape index (κ3) is 7.98. The van der Waals surface area contributed by atoms with Gasteiger partial charge in [-0.15, -0.1) is 0 Å². The van der Waals surface area contributed by atoms with E-state index in [0.717, 1.165) is 13.0 Å². The van der Waals surface area contributed by atoms with Crippen molar-refractivity contribution in [3.05, 3.63) is 0 Å². The lowest BCUT2D eigenvalue weighted by Gasteiger charge is -2.09. The molecule has 0 heterocycles. The average Bonchev–Trinajstić information content (AvgIpc) is 2.05. The maximum Gasteiger partial charge on any atom is 0.0618 e. The summed E-state index contributed by atoms with van der Waals surface area (Å²) in [5, 5.41) is 8.54. The highest BCUT2D eigenvalue weighted by molar-refractivity contribution is 4.57. The van der Waals surface area contributed by atoms with Gasteiger partial charge in [0.25, 0.3) is 0 Å². The van der Waals surface area contributed by atoms with Crippen molar-refractivity contribution in [1.29, 1.82) is 0 Å². The molecule has 0 radical (unpaired) electrons. The molecule has 0 aromatic rings. The zero-order chi connectivity index (χ0) is 9.23. The molecule has 0 amide bonds. The van der Waals surface area contributed by atoms with Gasteiger partial charge in [-0.05, 0) is 12.8 Å². The van der Waals surface area contributed by atoms with E-state index in [2.05, 4.69) is 6.92 Å². The second-order valence-corrected chi connectivity index (χ2v) is 3.05. The fourth-order valence-electron chi connectivity index (χ4n) is 0.938. The monoisotopic (exact) mass is 175 g/mol. The van der Waals surface area contributed by atoms with Gasteiger partial charge in [0.2, 0.25) is 0 Å². The van der Waals surface area contributed by atoms with E-state index >= 15 is 0 Å². The van der Waals surface area contributed by atoms with Gasteiger partial charge in [0.1, 0.15) is 0 Å². The van der Waals surface area contributed by atoms with Gasteiger partial charge >= 0.3 is 0 Å². The van der Waals surface area contributed by atoms with Crippen molar-refractivity contribution in [1.82, 2.24) is 0 Å². The second-order valence-electron chi connectivity index (χ2n) is 3.05. The molecular formula is C9H21NO2. The van der Waals surface area contributed by atoms with Crippen molar-refractivity contribution < 1.29 is 9.84 Å². The van der Waals surface area contributed by atoms with E-state index in [1.165, 1.54) is 12.8 Å². The third-order valence-electron chi connectivity index (χ3n) is 1.72. The quantitative estimate of drug-likeness (QED) is 0.539. The van der Waals surface area contributed by atoms with Crippen molar-refractivity contribution >= 4 is 0 Å². The van der Waals surface area contributed by atoms with Crippen LogP contribution in [0.2, 0.25) is 0 Å². The minimum atomic E-state index is -0.00312. The number of aliphatic hydroxyl groups is 1. The minimum Gasteiger partial charge on any atom is -0.396 e. The highest BCUT2D eigenvalue weighted by Crippen LogP contribution is 1.95. The van der Waals surface area contributed by atoms with Crippen LogP contribution in [0.1, 0.15) is 32.6 Å². The molecule has 1 unspecified atom stereocenters. The molecule has 0 aromatic heterocycles. The Hall–Kier alpha value is -0.120. The summed E-state index contributed by atoms with van der Waals surface area (Å²) in [6.07, 6.45) is 4.18. The van der Waals surface area contributed by atoms with Crippen LogP contribution in [0.15, 0.2) is 0 Å². The van der Waals surface area contributed by atoms with E-state index in [0.29, 0.717) is 13.0 Å². The normalized spacial score (nSPS) is 13.2. The molecular weight excluding hydrogens is 154 g/mol. The summed E-state index contributed by atoms with van der Waals surface area (Å²) in [4.78, 5) is 0. The Balaban J connectivity index is 2.97. The average molecular weight is 175 g/mol. The summed E-state index contributed by atoms with van der Waals surface area (Å²) >= 11 is 0. The Bertz CT molecular complexity index is 88.6. The molecule has 0 aliphatic heterocycles. The summed E-state index contributed by atoms with van der Waals surface area (Å²) < 4.78 is 5.31. The molecule has 0 aromatic carbocycles. The number of nitrogens with two attached hydrogens (primary N) is 1. The Labute approximate surface area is 74.9 Å². The highest BCUT2D eigenvalue weighted by atomic mass is 16.5. The zero-order valence-electron chi connectivity index (χ0n) is 7.96. The number of hydrogen-bond acceptors (Lipinski definition) is 3. The van der Waals surface area contributed by atoms with Crippen LogP contribution in [0.25, 0.3) is 0 Å². The van der Waals surface area contributed by atoms with E-state index in [9.17, 15) is 0 Å². The Morgan fingerprint density at radius 1 is 1.42 bits per heavy atom. The minimum absolute atomic E-state index is 0.00312. The largest absolute Gasteiger partial charge is 0.396 e. The molecule has 0 saturated heterocycles.